The molecule has 1 aromatic heterocycles. The van der Waals surface area contributed by atoms with Crippen LogP contribution in [-0.2, 0) is 9.47 Å². The van der Waals surface area contributed by atoms with Crippen molar-refractivity contribution in [3.8, 4) is 5.88 Å². The molecule has 0 spiro atoms. The molecule has 0 aliphatic carbocycles. The van der Waals surface area contributed by atoms with E-state index in [1.54, 1.807) is 30.3 Å². The molecule has 21 heavy (non-hydrogen) atoms. The minimum Gasteiger partial charge on any atom is -0.477 e. The number of hydrogen-bond acceptors (Lipinski definition) is 5. The molecule has 1 saturated heterocycles. The molecule has 6 heteroatoms. The van der Waals surface area contributed by atoms with Gasteiger partial charge in [-0.1, -0.05) is 0 Å². The van der Waals surface area contributed by atoms with E-state index in [9.17, 15) is 4.79 Å². The fraction of sp³-hybridized carbons (Fsp3) is 0.600. The number of nitrogens with zero attached hydrogens (tertiary/aromatic N) is 2. The Morgan fingerprint density at radius 1 is 1.43 bits per heavy atom. The Kier molecular flexibility index (Phi) is 5.95. The predicted molar refractivity (Wildman–Crippen MR) is 77.5 cm³/mol. The fourth-order valence-corrected chi connectivity index (χ4v) is 2.14. The first kappa shape index (κ1) is 15.7. The van der Waals surface area contributed by atoms with Gasteiger partial charge in [0.05, 0.1) is 12.7 Å². The summed E-state index contributed by atoms with van der Waals surface area (Å²) in [5, 5.41) is 0. The summed E-state index contributed by atoms with van der Waals surface area (Å²) in [4.78, 5) is 18.2. The number of carbonyl (C=O) groups is 1. The minimum atomic E-state index is -0.0525. The van der Waals surface area contributed by atoms with Crippen LogP contribution in [0, 0.1) is 0 Å². The zero-order valence-electron chi connectivity index (χ0n) is 12.6. The highest BCUT2D eigenvalue weighted by atomic mass is 16.5. The second kappa shape index (κ2) is 7.95. The highest BCUT2D eigenvalue weighted by molar-refractivity contribution is 5.96. The third-order valence-electron chi connectivity index (χ3n) is 3.26. The molecular formula is C15H22N2O4. The van der Waals surface area contributed by atoms with E-state index in [0.29, 0.717) is 44.4 Å². The molecule has 6 nitrogen and oxygen atoms in total. The minimum absolute atomic E-state index is 0.0525. The van der Waals surface area contributed by atoms with Crippen molar-refractivity contribution in [2.75, 3.05) is 40.0 Å². The zero-order valence-corrected chi connectivity index (χ0v) is 12.6. The lowest BCUT2D eigenvalue weighted by atomic mass is 10.1. The van der Waals surface area contributed by atoms with Gasteiger partial charge >= 0.3 is 0 Å². The van der Waals surface area contributed by atoms with Crippen LogP contribution in [0.4, 0.5) is 0 Å². The number of ether oxygens (including phenoxy) is 3. The third-order valence-corrected chi connectivity index (χ3v) is 3.26. The van der Waals surface area contributed by atoms with Crippen molar-refractivity contribution < 1.29 is 19.0 Å². The summed E-state index contributed by atoms with van der Waals surface area (Å²) in [6.45, 7) is 4.96. The largest absolute Gasteiger partial charge is 0.477 e. The van der Waals surface area contributed by atoms with Crippen LogP contribution in [0.1, 0.15) is 23.7 Å². The van der Waals surface area contributed by atoms with E-state index in [2.05, 4.69) is 4.98 Å². The molecule has 0 radical (unpaired) electrons. The van der Waals surface area contributed by atoms with Crippen molar-refractivity contribution in [2.45, 2.75) is 19.4 Å². The molecule has 0 N–H and O–H groups in total. The van der Waals surface area contributed by atoms with Crippen LogP contribution in [0.25, 0.3) is 0 Å². The summed E-state index contributed by atoms with van der Waals surface area (Å²) in [6, 6.07) is 3.49. The summed E-state index contributed by atoms with van der Waals surface area (Å²) >= 11 is 0. The van der Waals surface area contributed by atoms with Gasteiger partial charge in [-0.25, -0.2) is 4.98 Å². The number of methoxy groups -OCH3 is 1. The Balaban J connectivity index is 1.81. The lowest BCUT2D eigenvalue weighted by Gasteiger charge is -2.39. The van der Waals surface area contributed by atoms with Crippen LogP contribution in [0.5, 0.6) is 5.88 Å². The lowest BCUT2D eigenvalue weighted by Crippen LogP contribution is -2.54. The Morgan fingerprint density at radius 3 is 2.95 bits per heavy atom. The molecule has 1 amide bonds. The van der Waals surface area contributed by atoms with E-state index in [4.69, 9.17) is 14.2 Å². The van der Waals surface area contributed by atoms with Gasteiger partial charge in [-0.3, -0.25) is 4.79 Å². The summed E-state index contributed by atoms with van der Waals surface area (Å²) in [6.07, 6.45) is 2.62. The molecular weight excluding hydrogens is 272 g/mol. The first-order chi connectivity index (χ1) is 10.3. The van der Waals surface area contributed by atoms with Gasteiger partial charge < -0.3 is 19.1 Å². The average Bonchev–Trinajstić information content (AvgIpc) is 2.45. The van der Waals surface area contributed by atoms with Crippen LogP contribution >= 0.6 is 0 Å². The fourth-order valence-electron chi connectivity index (χ4n) is 2.14. The molecule has 1 aliphatic heterocycles. The van der Waals surface area contributed by atoms with Gasteiger partial charge in [-0.05, 0) is 25.5 Å². The van der Waals surface area contributed by atoms with Gasteiger partial charge in [0.15, 0.2) is 0 Å². The highest BCUT2D eigenvalue weighted by Crippen LogP contribution is 2.21. The highest BCUT2D eigenvalue weighted by Gasteiger charge is 2.33. The van der Waals surface area contributed by atoms with Gasteiger partial charge in [0.25, 0.3) is 5.91 Å². The second-order valence-corrected chi connectivity index (χ2v) is 4.84. The SMILES string of the molecule is CCOc1ncccc1C(=O)N1CC(OCCCOC)C1. The number of hydrogen-bond donors (Lipinski definition) is 0. The van der Waals surface area contributed by atoms with E-state index in [1.807, 2.05) is 6.92 Å². The molecule has 1 aromatic rings. The maximum Gasteiger partial charge on any atom is 0.259 e. The van der Waals surface area contributed by atoms with Crippen molar-refractivity contribution in [1.29, 1.82) is 0 Å². The van der Waals surface area contributed by atoms with Crippen molar-refractivity contribution in [1.82, 2.24) is 9.88 Å². The normalized spacial score (nSPS) is 14.9. The van der Waals surface area contributed by atoms with Crippen LogP contribution < -0.4 is 4.74 Å². The van der Waals surface area contributed by atoms with Crippen LogP contribution in [0.15, 0.2) is 18.3 Å². The maximum absolute atomic E-state index is 12.4. The Bertz CT molecular complexity index is 461. The molecule has 116 valence electrons. The molecule has 1 fully saturated rings. The number of amides is 1. The van der Waals surface area contributed by atoms with Crippen LogP contribution in [0.2, 0.25) is 0 Å². The lowest BCUT2D eigenvalue weighted by molar-refractivity contribution is -0.0465. The monoisotopic (exact) mass is 294 g/mol. The smallest absolute Gasteiger partial charge is 0.259 e. The topological polar surface area (TPSA) is 60.9 Å². The van der Waals surface area contributed by atoms with E-state index in [-0.39, 0.29) is 12.0 Å². The first-order valence-corrected chi connectivity index (χ1v) is 7.24. The Labute approximate surface area is 125 Å². The van der Waals surface area contributed by atoms with E-state index >= 15 is 0 Å². The molecule has 0 unspecified atom stereocenters. The molecule has 0 bridgehead atoms. The van der Waals surface area contributed by atoms with E-state index in [0.717, 1.165) is 6.42 Å². The first-order valence-electron chi connectivity index (χ1n) is 7.24. The van der Waals surface area contributed by atoms with Crippen LogP contribution in [-0.4, -0.2) is 61.9 Å². The van der Waals surface area contributed by atoms with Crippen molar-refractivity contribution in [3.63, 3.8) is 0 Å². The molecule has 0 aromatic carbocycles. The zero-order chi connectivity index (χ0) is 15.1. The van der Waals surface area contributed by atoms with Gasteiger partial charge in [0.1, 0.15) is 5.56 Å². The Morgan fingerprint density at radius 2 is 2.24 bits per heavy atom. The number of aromatic nitrogens is 1. The third kappa shape index (κ3) is 4.15. The Hall–Kier alpha value is -1.66. The molecule has 1 aliphatic rings. The average molecular weight is 294 g/mol. The van der Waals surface area contributed by atoms with Gasteiger partial charge in [0.2, 0.25) is 5.88 Å². The van der Waals surface area contributed by atoms with Crippen LogP contribution in [0.3, 0.4) is 0 Å². The number of rotatable bonds is 8. The van der Waals surface area contributed by atoms with Crippen molar-refractivity contribution in [3.05, 3.63) is 23.9 Å². The predicted octanol–water partition coefficient (Wildman–Crippen LogP) is 1.36. The standard InChI is InChI=1S/C15H22N2O4/c1-3-20-14-13(6-4-7-16-14)15(18)17-10-12(11-17)21-9-5-8-19-2/h4,6-7,12H,3,5,8-11H2,1-2H3. The summed E-state index contributed by atoms with van der Waals surface area (Å²) in [7, 11) is 1.67. The van der Waals surface area contributed by atoms with Gasteiger partial charge in [-0.2, -0.15) is 0 Å². The summed E-state index contributed by atoms with van der Waals surface area (Å²) < 4.78 is 16.0. The molecule has 0 saturated carbocycles. The quantitative estimate of drug-likeness (QED) is 0.677. The summed E-state index contributed by atoms with van der Waals surface area (Å²) in [5.74, 6) is 0.345. The molecule has 0 atom stereocenters. The maximum atomic E-state index is 12.4. The number of pyridine rings is 1. The van der Waals surface area contributed by atoms with Crippen molar-refractivity contribution in [2.24, 2.45) is 0 Å². The van der Waals surface area contributed by atoms with Gasteiger partial charge in [0, 0.05) is 39.6 Å². The second-order valence-electron chi connectivity index (χ2n) is 4.84. The molecule has 2 rings (SSSR count). The van der Waals surface area contributed by atoms with E-state index in [1.165, 1.54) is 0 Å². The summed E-state index contributed by atoms with van der Waals surface area (Å²) in [5.41, 5.74) is 0.511. The molecule has 2 heterocycles. The number of likely N-dealkylation sites (tertiary alicyclic amines) is 1. The number of carbonyl (C=O) groups excluding carboxylic acids is 1. The van der Waals surface area contributed by atoms with Crippen molar-refractivity contribution >= 4 is 5.91 Å². The van der Waals surface area contributed by atoms with E-state index < -0.39 is 0 Å². The van der Waals surface area contributed by atoms with Gasteiger partial charge in [-0.15, -0.1) is 0 Å².